The quantitative estimate of drug-likeness (QED) is 0.669. The Morgan fingerprint density at radius 1 is 1.07 bits per heavy atom. The standard InChI is InChI=1S/C18H17N3O5S/c1-25-14-4-6-17(16(9-14)26-2)27(23,24)21-13-8-12-7-11(18(19)22)3-5-15(12)20-10-13/h3-10,21H,1-2H3,(H2,19,22). The second-order valence-electron chi connectivity index (χ2n) is 5.62. The number of amides is 1. The molecule has 27 heavy (non-hydrogen) atoms. The Morgan fingerprint density at radius 3 is 2.52 bits per heavy atom. The van der Waals surface area contributed by atoms with Crippen molar-refractivity contribution in [2.24, 2.45) is 5.73 Å². The number of pyridine rings is 1. The van der Waals surface area contributed by atoms with E-state index < -0.39 is 15.9 Å². The van der Waals surface area contributed by atoms with Crippen molar-refractivity contribution < 1.29 is 22.7 Å². The van der Waals surface area contributed by atoms with Crippen molar-refractivity contribution in [2.45, 2.75) is 4.90 Å². The van der Waals surface area contributed by atoms with Crippen molar-refractivity contribution in [1.29, 1.82) is 0 Å². The number of primary amides is 1. The van der Waals surface area contributed by atoms with E-state index in [2.05, 4.69) is 9.71 Å². The summed E-state index contributed by atoms with van der Waals surface area (Å²) in [5.74, 6) is 0.0367. The Bertz CT molecular complexity index is 1130. The van der Waals surface area contributed by atoms with Gasteiger partial charge in [0, 0.05) is 17.0 Å². The first-order valence-electron chi connectivity index (χ1n) is 7.78. The van der Waals surface area contributed by atoms with Crippen molar-refractivity contribution in [3.8, 4) is 11.5 Å². The summed E-state index contributed by atoms with van der Waals surface area (Å²) in [6.45, 7) is 0. The molecule has 0 saturated heterocycles. The number of carbonyl (C=O) groups is 1. The summed E-state index contributed by atoms with van der Waals surface area (Å²) >= 11 is 0. The Balaban J connectivity index is 1.99. The zero-order chi connectivity index (χ0) is 19.6. The third-order valence-electron chi connectivity index (χ3n) is 3.88. The highest BCUT2D eigenvalue weighted by Crippen LogP contribution is 2.30. The molecule has 1 aromatic heterocycles. The zero-order valence-corrected chi connectivity index (χ0v) is 15.4. The lowest BCUT2D eigenvalue weighted by atomic mass is 10.1. The molecule has 0 radical (unpaired) electrons. The van der Waals surface area contributed by atoms with Crippen LogP contribution in [0.3, 0.4) is 0 Å². The maximum absolute atomic E-state index is 12.8. The lowest BCUT2D eigenvalue weighted by Gasteiger charge is -2.13. The molecule has 0 atom stereocenters. The molecule has 1 amide bonds. The van der Waals surface area contributed by atoms with Crippen molar-refractivity contribution in [1.82, 2.24) is 4.98 Å². The third kappa shape index (κ3) is 3.77. The van der Waals surface area contributed by atoms with E-state index in [0.717, 1.165) is 0 Å². The number of benzene rings is 2. The van der Waals surface area contributed by atoms with Gasteiger partial charge in [-0.2, -0.15) is 0 Å². The number of nitrogens with one attached hydrogen (secondary N) is 1. The van der Waals surface area contributed by atoms with Gasteiger partial charge in [-0.05, 0) is 36.4 Å². The van der Waals surface area contributed by atoms with Gasteiger partial charge in [-0.25, -0.2) is 8.42 Å². The van der Waals surface area contributed by atoms with Gasteiger partial charge in [0.1, 0.15) is 16.4 Å². The Morgan fingerprint density at radius 2 is 1.85 bits per heavy atom. The van der Waals surface area contributed by atoms with E-state index in [1.807, 2.05) is 0 Å². The molecule has 8 nitrogen and oxygen atoms in total. The monoisotopic (exact) mass is 387 g/mol. The van der Waals surface area contributed by atoms with E-state index in [-0.39, 0.29) is 16.3 Å². The van der Waals surface area contributed by atoms with Crippen LogP contribution in [0.2, 0.25) is 0 Å². The largest absolute Gasteiger partial charge is 0.497 e. The average Bonchev–Trinajstić information content (AvgIpc) is 2.66. The van der Waals surface area contributed by atoms with Gasteiger partial charge >= 0.3 is 0 Å². The molecule has 3 N–H and O–H groups in total. The maximum atomic E-state index is 12.8. The number of carbonyl (C=O) groups excluding carboxylic acids is 1. The summed E-state index contributed by atoms with van der Waals surface area (Å²) in [5.41, 5.74) is 6.43. The molecule has 0 bridgehead atoms. The van der Waals surface area contributed by atoms with Crippen LogP contribution in [-0.4, -0.2) is 33.5 Å². The summed E-state index contributed by atoms with van der Waals surface area (Å²) in [5, 5.41) is 0.577. The van der Waals surface area contributed by atoms with Gasteiger partial charge in [-0.1, -0.05) is 0 Å². The molecule has 2 aromatic carbocycles. The molecule has 0 fully saturated rings. The molecule has 1 heterocycles. The maximum Gasteiger partial charge on any atom is 0.265 e. The van der Waals surface area contributed by atoms with E-state index in [1.54, 1.807) is 24.3 Å². The van der Waals surface area contributed by atoms with Crippen LogP contribution < -0.4 is 19.9 Å². The van der Waals surface area contributed by atoms with Crippen molar-refractivity contribution in [3.05, 3.63) is 54.2 Å². The smallest absolute Gasteiger partial charge is 0.265 e. The predicted molar refractivity (Wildman–Crippen MR) is 101 cm³/mol. The first-order chi connectivity index (χ1) is 12.8. The molecule has 0 aliphatic carbocycles. The van der Waals surface area contributed by atoms with Gasteiger partial charge in [0.05, 0.1) is 31.6 Å². The number of hydrogen-bond donors (Lipinski definition) is 2. The lowest BCUT2D eigenvalue weighted by molar-refractivity contribution is 0.100. The van der Waals surface area contributed by atoms with Crippen LogP contribution in [-0.2, 0) is 10.0 Å². The molecule has 0 unspecified atom stereocenters. The fourth-order valence-corrected chi connectivity index (χ4v) is 3.73. The summed E-state index contributed by atoms with van der Waals surface area (Å²) in [4.78, 5) is 15.5. The fraction of sp³-hybridized carbons (Fsp3) is 0.111. The van der Waals surface area contributed by atoms with Crippen LogP contribution in [0.1, 0.15) is 10.4 Å². The number of fused-ring (bicyclic) bond motifs is 1. The molecule has 140 valence electrons. The second kappa shape index (κ2) is 7.12. The van der Waals surface area contributed by atoms with Gasteiger partial charge < -0.3 is 15.2 Å². The van der Waals surface area contributed by atoms with Crippen molar-refractivity contribution in [3.63, 3.8) is 0 Å². The van der Waals surface area contributed by atoms with Crippen LogP contribution in [0.5, 0.6) is 11.5 Å². The number of nitrogens with two attached hydrogens (primary N) is 1. The van der Waals surface area contributed by atoms with E-state index in [0.29, 0.717) is 22.2 Å². The topological polar surface area (TPSA) is 121 Å². The highest BCUT2D eigenvalue weighted by atomic mass is 32.2. The van der Waals surface area contributed by atoms with E-state index in [1.165, 1.54) is 38.6 Å². The predicted octanol–water partition coefficient (Wildman–Crippen LogP) is 2.15. The average molecular weight is 387 g/mol. The summed E-state index contributed by atoms with van der Waals surface area (Å²) in [6, 6.07) is 10.7. The van der Waals surface area contributed by atoms with Crippen LogP contribution in [0, 0.1) is 0 Å². The number of aromatic nitrogens is 1. The minimum atomic E-state index is -3.94. The first kappa shape index (κ1) is 18.5. The molecular weight excluding hydrogens is 370 g/mol. The molecule has 0 aliphatic heterocycles. The van der Waals surface area contributed by atoms with Gasteiger partial charge in [-0.3, -0.25) is 14.5 Å². The molecule has 9 heteroatoms. The van der Waals surface area contributed by atoms with Gasteiger partial charge in [0.2, 0.25) is 5.91 Å². The number of rotatable bonds is 6. The van der Waals surface area contributed by atoms with Gasteiger partial charge in [-0.15, -0.1) is 0 Å². The van der Waals surface area contributed by atoms with Gasteiger partial charge in [0.15, 0.2) is 0 Å². The van der Waals surface area contributed by atoms with Crippen LogP contribution >= 0.6 is 0 Å². The number of nitrogens with zero attached hydrogens (tertiary/aromatic N) is 1. The number of anilines is 1. The minimum absolute atomic E-state index is 0.0446. The van der Waals surface area contributed by atoms with Crippen molar-refractivity contribution in [2.75, 3.05) is 18.9 Å². The number of hydrogen-bond acceptors (Lipinski definition) is 6. The Kier molecular flexibility index (Phi) is 4.87. The molecular formula is C18H17N3O5S. The Hall–Kier alpha value is -3.33. The lowest BCUT2D eigenvalue weighted by Crippen LogP contribution is -2.14. The highest BCUT2D eigenvalue weighted by Gasteiger charge is 2.20. The van der Waals surface area contributed by atoms with Crippen LogP contribution in [0.15, 0.2) is 53.6 Å². The second-order valence-corrected chi connectivity index (χ2v) is 7.27. The molecule has 3 rings (SSSR count). The summed E-state index contributed by atoms with van der Waals surface area (Å²) in [7, 11) is -1.09. The Labute approximate surface area is 156 Å². The van der Waals surface area contributed by atoms with Crippen molar-refractivity contribution >= 4 is 32.5 Å². The van der Waals surface area contributed by atoms with E-state index >= 15 is 0 Å². The van der Waals surface area contributed by atoms with E-state index in [9.17, 15) is 13.2 Å². The minimum Gasteiger partial charge on any atom is -0.497 e. The van der Waals surface area contributed by atoms with Gasteiger partial charge in [0.25, 0.3) is 10.0 Å². The molecule has 0 spiro atoms. The molecule has 3 aromatic rings. The summed E-state index contributed by atoms with van der Waals surface area (Å²) < 4.78 is 38.2. The third-order valence-corrected chi connectivity index (χ3v) is 5.30. The SMILES string of the molecule is COc1ccc(S(=O)(=O)Nc2cnc3ccc(C(N)=O)cc3c2)c(OC)c1. The number of ether oxygens (including phenoxy) is 2. The normalized spacial score (nSPS) is 11.2. The van der Waals surface area contributed by atoms with Crippen LogP contribution in [0.4, 0.5) is 5.69 Å². The highest BCUT2D eigenvalue weighted by molar-refractivity contribution is 7.92. The zero-order valence-electron chi connectivity index (χ0n) is 14.6. The molecule has 0 aliphatic rings. The number of sulfonamides is 1. The number of methoxy groups -OCH3 is 2. The van der Waals surface area contributed by atoms with Crippen LogP contribution in [0.25, 0.3) is 10.9 Å². The fourth-order valence-electron chi connectivity index (χ4n) is 2.55. The first-order valence-corrected chi connectivity index (χ1v) is 9.27. The summed E-state index contributed by atoms with van der Waals surface area (Å²) in [6.07, 6.45) is 1.39. The van der Waals surface area contributed by atoms with E-state index in [4.69, 9.17) is 15.2 Å². The molecule has 0 saturated carbocycles.